The molecule has 0 bridgehead atoms. The van der Waals surface area contributed by atoms with Crippen LogP contribution in [0.4, 0.5) is 10.8 Å². The van der Waals surface area contributed by atoms with Crippen molar-refractivity contribution >= 4 is 44.4 Å². The van der Waals surface area contributed by atoms with Gasteiger partial charge in [0.05, 0.1) is 15.1 Å². The first kappa shape index (κ1) is 21.6. The van der Waals surface area contributed by atoms with Crippen molar-refractivity contribution in [1.82, 2.24) is 9.88 Å². The molecule has 7 nitrogen and oxygen atoms in total. The average Bonchev–Trinajstić information content (AvgIpc) is 3.12. The van der Waals surface area contributed by atoms with Gasteiger partial charge in [-0.3, -0.25) is 19.8 Å². The van der Waals surface area contributed by atoms with Crippen LogP contribution in [0.1, 0.15) is 17.5 Å². The molecule has 3 aromatic rings. The van der Waals surface area contributed by atoms with Gasteiger partial charge in [-0.25, -0.2) is 4.98 Å². The van der Waals surface area contributed by atoms with E-state index < -0.39 is 4.92 Å². The molecular formula is C22H24N4O3S. The van der Waals surface area contributed by atoms with Gasteiger partial charge in [-0.1, -0.05) is 17.4 Å². The summed E-state index contributed by atoms with van der Waals surface area (Å²) in [6.07, 6.45) is 3.98. The van der Waals surface area contributed by atoms with E-state index in [2.05, 4.69) is 16.0 Å². The van der Waals surface area contributed by atoms with Crippen molar-refractivity contribution in [1.29, 1.82) is 0 Å². The molecule has 0 aliphatic heterocycles. The largest absolute Gasteiger partial charge is 0.309 e. The van der Waals surface area contributed by atoms with Crippen molar-refractivity contribution in [2.24, 2.45) is 0 Å². The summed E-state index contributed by atoms with van der Waals surface area (Å²) in [4.78, 5) is 31.8. The first-order chi connectivity index (χ1) is 14.3. The highest BCUT2D eigenvalue weighted by atomic mass is 32.1. The lowest BCUT2D eigenvalue weighted by Gasteiger charge is -2.19. The summed E-state index contributed by atoms with van der Waals surface area (Å²) in [5.74, 6) is -0.164. The van der Waals surface area contributed by atoms with E-state index >= 15 is 0 Å². The van der Waals surface area contributed by atoms with Gasteiger partial charge in [0.15, 0.2) is 5.13 Å². The predicted molar refractivity (Wildman–Crippen MR) is 122 cm³/mol. The number of benzene rings is 2. The number of nitro groups is 1. The van der Waals surface area contributed by atoms with Crippen molar-refractivity contribution in [2.75, 3.05) is 32.1 Å². The molecule has 0 saturated heterocycles. The van der Waals surface area contributed by atoms with Crippen molar-refractivity contribution in [3.63, 3.8) is 0 Å². The Morgan fingerprint density at radius 2 is 1.90 bits per heavy atom. The zero-order valence-electron chi connectivity index (χ0n) is 17.2. The topological polar surface area (TPSA) is 79.6 Å². The van der Waals surface area contributed by atoms with E-state index in [1.54, 1.807) is 23.1 Å². The van der Waals surface area contributed by atoms with Crippen LogP contribution in [-0.2, 0) is 4.79 Å². The molecule has 1 amide bonds. The molecule has 0 N–H and O–H groups in total. The highest BCUT2D eigenvalue weighted by Crippen LogP contribution is 2.30. The highest BCUT2D eigenvalue weighted by molar-refractivity contribution is 7.22. The van der Waals surface area contributed by atoms with E-state index in [1.807, 2.05) is 33.2 Å². The van der Waals surface area contributed by atoms with Gasteiger partial charge in [0, 0.05) is 24.8 Å². The summed E-state index contributed by atoms with van der Waals surface area (Å²) in [6.45, 7) is 3.45. The highest BCUT2D eigenvalue weighted by Gasteiger charge is 2.18. The number of thiazole rings is 1. The number of hydrogen-bond acceptors (Lipinski definition) is 6. The van der Waals surface area contributed by atoms with E-state index in [0.717, 1.165) is 34.3 Å². The van der Waals surface area contributed by atoms with Crippen LogP contribution in [0.3, 0.4) is 0 Å². The third-order valence-corrected chi connectivity index (χ3v) is 5.58. The lowest BCUT2D eigenvalue weighted by Crippen LogP contribution is -2.32. The summed E-state index contributed by atoms with van der Waals surface area (Å²) in [6, 6.07) is 12.2. The summed E-state index contributed by atoms with van der Waals surface area (Å²) >= 11 is 1.51. The van der Waals surface area contributed by atoms with Crippen LogP contribution >= 0.6 is 11.3 Å². The molecule has 8 heteroatoms. The molecule has 0 atom stereocenters. The van der Waals surface area contributed by atoms with Gasteiger partial charge >= 0.3 is 0 Å². The monoisotopic (exact) mass is 424 g/mol. The molecule has 0 aliphatic rings. The number of amides is 1. The van der Waals surface area contributed by atoms with Crippen LogP contribution in [0.2, 0.25) is 0 Å². The number of aryl methyl sites for hydroxylation is 1. The van der Waals surface area contributed by atoms with E-state index in [1.165, 1.54) is 29.5 Å². The lowest BCUT2D eigenvalue weighted by atomic mass is 10.2. The van der Waals surface area contributed by atoms with Gasteiger partial charge in [-0.15, -0.1) is 0 Å². The molecule has 0 aliphatic carbocycles. The molecule has 0 fully saturated rings. The van der Waals surface area contributed by atoms with Gasteiger partial charge in [-0.2, -0.15) is 0 Å². The Morgan fingerprint density at radius 3 is 2.57 bits per heavy atom. The van der Waals surface area contributed by atoms with Crippen molar-refractivity contribution in [2.45, 2.75) is 13.3 Å². The second kappa shape index (κ2) is 9.60. The van der Waals surface area contributed by atoms with Crippen LogP contribution < -0.4 is 4.90 Å². The van der Waals surface area contributed by atoms with Crippen LogP contribution in [0.25, 0.3) is 16.3 Å². The third-order valence-electron chi connectivity index (χ3n) is 4.54. The van der Waals surface area contributed by atoms with Crippen LogP contribution in [0, 0.1) is 17.0 Å². The lowest BCUT2D eigenvalue weighted by molar-refractivity contribution is -0.384. The van der Waals surface area contributed by atoms with E-state index in [4.69, 9.17) is 0 Å². The van der Waals surface area contributed by atoms with Crippen molar-refractivity contribution in [3.8, 4) is 0 Å². The molecule has 2 aromatic carbocycles. The summed E-state index contributed by atoms with van der Waals surface area (Å²) in [7, 11) is 4.00. The van der Waals surface area contributed by atoms with Gasteiger partial charge in [0.2, 0.25) is 0 Å². The Hall–Kier alpha value is -3.10. The molecule has 30 heavy (non-hydrogen) atoms. The number of anilines is 1. The second-order valence-electron chi connectivity index (χ2n) is 7.30. The zero-order valence-corrected chi connectivity index (χ0v) is 18.1. The number of non-ortho nitro benzene ring substituents is 1. The fourth-order valence-electron chi connectivity index (χ4n) is 2.94. The normalized spacial score (nSPS) is 11.5. The van der Waals surface area contributed by atoms with Crippen LogP contribution in [-0.4, -0.2) is 47.9 Å². The Bertz CT molecular complexity index is 1070. The second-order valence-corrected chi connectivity index (χ2v) is 8.31. The minimum atomic E-state index is -0.444. The number of nitrogens with zero attached hydrogens (tertiary/aromatic N) is 4. The molecule has 0 unspecified atom stereocenters. The number of aromatic nitrogens is 1. The minimum absolute atomic E-state index is 0.0218. The molecule has 0 spiro atoms. The van der Waals surface area contributed by atoms with E-state index in [9.17, 15) is 14.9 Å². The molecule has 1 aromatic heterocycles. The first-order valence-corrected chi connectivity index (χ1v) is 10.4. The smallest absolute Gasteiger partial charge is 0.269 e. The Balaban J connectivity index is 1.82. The third kappa shape index (κ3) is 5.49. The Labute approximate surface area is 179 Å². The van der Waals surface area contributed by atoms with Crippen LogP contribution in [0.15, 0.2) is 48.5 Å². The van der Waals surface area contributed by atoms with Crippen molar-refractivity contribution in [3.05, 3.63) is 69.8 Å². The van der Waals surface area contributed by atoms with E-state index in [0.29, 0.717) is 11.7 Å². The maximum Gasteiger partial charge on any atom is 0.269 e. The maximum atomic E-state index is 13.0. The van der Waals surface area contributed by atoms with Gasteiger partial charge < -0.3 is 4.90 Å². The van der Waals surface area contributed by atoms with Crippen molar-refractivity contribution < 1.29 is 9.72 Å². The summed E-state index contributed by atoms with van der Waals surface area (Å²) in [5.41, 5.74) is 2.78. The number of fused-ring (bicyclic) bond motifs is 1. The quantitative estimate of drug-likeness (QED) is 0.302. The zero-order chi connectivity index (χ0) is 21.7. The molecule has 3 rings (SSSR count). The fraction of sp³-hybridized carbons (Fsp3) is 0.273. The van der Waals surface area contributed by atoms with Gasteiger partial charge in [-0.05, 0) is 75.5 Å². The number of carbonyl (C=O) groups is 1. The molecule has 0 radical (unpaired) electrons. The number of rotatable bonds is 8. The van der Waals surface area contributed by atoms with Gasteiger partial charge in [0.25, 0.3) is 11.6 Å². The molecular weight excluding hydrogens is 400 g/mol. The Kier molecular flexibility index (Phi) is 6.91. The molecule has 156 valence electrons. The summed E-state index contributed by atoms with van der Waals surface area (Å²) < 4.78 is 1.05. The van der Waals surface area contributed by atoms with Crippen LogP contribution in [0.5, 0.6) is 0 Å². The first-order valence-electron chi connectivity index (χ1n) is 9.59. The Morgan fingerprint density at radius 1 is 1.17 bits per heavy atom. The molecule has 1 heterocycles. The SMILES string of the molecule is Cc1ccc2nc(N(CCCN(C)C)C(=O)/C=C\c3ccc([N+](=O)[O-])cc3)sc2c1. The number of nitro benzene ring substituents is 1. The fourth-order valence-corrected chi connectivity index (χ4v) is 4.04. The number of carbonyl (C=O) groups excluding carboxylic acids is 1. The predicted octanol–water partition coefficient (Wildman–Crippen LogP) is 4.51. The van der Waals surface area contributed by atoms with E-state index in [-0.39, 0.29) is 11.6 Å². The number of hydrogen-bond donors (Lipinski definition) is 0. The standard InChI is InChI=1S/C22H24N4O3S/c1-16-5-11-19-20(15-16)30-22(23-19)25(14-4-13-24(2)3)21(27)12-8-17-6-9-18(10-7-17)26(28)29/h5-12,15H,4,13-14H2,1-3H3/b12-8-. The van der Waals surface area contributed by atoms with Gasteiger partial charge in [0.1, 0.15) is 0 Å². The minimum Gasteiger partial charge on any atom is -0.309 e. The maximum absolute atomic E-state index is 13.0. The molecule has 0 saturated carbocycles. The average molecular weight is 425 g/mol. The summed E-state index contributed by atoms with van der Waals surface area (Å²) in [5, 5.41) is 11.5.